The van der Waals surface area contributed by atoms with E-state index in [4.69, 9.17) is 9.47 Å². The first kappa shape index (κ1) is 9.74. The minimum atomic E-state index is 0.454. The van der Waals surface area contributed by atoms with Crippen LogP contribution in [0.15, 0.2) is 31.0 Å². The fraction of sp³-hybridized carbons (Fsp3) is 0.300. The van der Waals surface area contributed by atoms with Gasteiger partial charge in [0.25, 0.3) is 0 Å². The molecule has 70 valence electrons. The first-order chi connectivity index (χ1) is 6.38. The Balaban J connectivity index is 2.58. The summed E-state index contributed by atoms with van der Waals surface area (Å²) in [5.74, 6) is 0.756. The van der Waals surface area contributed by atoms with Gasteiger partial charge in [-0.3, -0.25) is 4.98 Å². The third-order valence-corrected chi connectivity index (χ3v) is 1.54. The van der Waals surface area contributed by atoms with E-state index in [1.807, 2.05) is 12.1 Å². The Hall–Kier alpha value is -1.35. The smallest absolute Gasteiger partial charge is 0.142 e. The fourth-order valence-corrected chi connectivity index (χ4v) is 0.956. The number of hydrogen-bond acceptors (Lipinski definition) is 3. The van der Waals surface area contributed by atoms with Crippen LogP contribution in [0.4, 0.5) is 0 Å². The predicted molar refractivity (Wildman–Crippen MR) is 50.6 cm³/mol. The minimum Gasteiger partial charge on any atom is -0.495 e. The second-order valence-electron chi connectivity index (χ2n) is 2.46. The molecule has 0 unspecified atom stereocenters. The summed E-state index contributed by atoms with van der Waals surface area (Å²) < 4.78 is 10.4. The third kappa shape index (κ3) is 2.87. The summed E-state index contributed by atoms with van der Waals surface area (Å²) in [6, 6.07) is 3.69. The summed E-state index contributed by atoms with van der Waals surface area (Å²) in [6.45, 7) is 4.54. The van der Waals surface area contributed by atoms with Crippen molar-refractivity contribution in [3.8, 4) is 5.75 Å². The molecule has 0 spiro atoms. The molecule has 0 amide bonds. The lowest BCUT2D eigenvalue weighted by Crippen LogP contribution is -1.98. The van der Waals surface area contributed by atoms with Crippen molar-refractivity contribution in [2.45, 2.75) is 6.61 Å². The molecule has 0 N–H and O–H groups in total. The van der Waals surface area contributed by atoms with E-state index in [-0.39, 0.29) is 0 Å². The Morgan fingerprint density at radius 1 is 1.62 bits per heavy atom. The molecule has 0 bridgehead atoms. The zero-order valence-corrected chi connectivity index (χ0v) is 7.69. The lowest BCUT2D eigenvalue weighted by Gasteiger charge is -2.06. The van der Waals surface area contributed by atoms with Crippen molar-refractivity contribution in [1.29, 1.82) is 0 Å². The van der Waals surface area contributed by atoms with Crippen molar-refractivity contribution in [3.05, 3.63) is 36.7 Å². The number of ether oxygens (including phenoxy) is 2. The van der Waals surface area contributed by atoms with E-state index in [1.54, 1.807) is 19.4 Å². The van der Waals surface area contributed by atoms with Gasteiger partial charge in [-0.1, -0.05) is 6.08 Å². The van der Waals surface area contributed by atoms with Gasteiger partial charge in [0.05, 0.1) is 20.3 Å². The van der Waals surface area contributed by atoms with E-state index < -0.39 is 0 Å². The zero-order valence-electron chi connectivity index (χ0n) is 7.69. The normalized spacial score (nSPS) is 9.62. The van der Waals surface area contributed by atoms with Gasteiger partial charge in [0, 0.05) is 6.20 Å². The number of methoxy groups -OCH3 is 1. The van der Waals surface area contributed by atoms with E-state index in [0.717, 1.165) is 11.4 Å². The zero-order chi connectivity index (χ0) is 9.52. The number of pyridine rings is 1. The topological polar surface area (TPSA) is 31.4 Å². The molecule has 3 heteroatoms. The molecule has 3 nitrogen and oxygen atoms in total. The molecule has 1 aromatic heterocycles. The maximum absolute atomic E-state index is 5.25. The van der Waals surface area contributed by atoms with Gasteiger partial charge in [-0.15, -0.1) is 6.58 Å². The largest absolute Gasteiger partial charge is 0.495 e. The quantitative estimate of drug-likeness (QED) is 0.510. The van der Waals surface area contributed by atoms with Crippen molar-refractivity contribution in [2.24, 2.45) is 0 Å². The molecule has 13 heavy (non-hydrogen) atoms. The SMILES string of the molecule is C=CCOCc1ncccc1OC. The van der Waals surface area contributed by atoms with Crippen molar-refractivity contribution in [3.63, 3.8) is 0 Å². The number of rotatable bonds is 5. The highest BCUT2D eigenvalue weighted by atomic mass is 16.5. The average Bonchev–Trinajstić information content (AvgIpc) is 2.19. The molecule has 0 fully saturated rings. The van der Waals surface area contributed by atoms with E-state index in [0.29, 0.717) is 13.2 Å². The van der Waals surface area contributed by atoms with Gasteiger partial charge in [-0.25, -0.2) is 0 Å². The van der Waals surface area contributed by atoms with Crippen LogP contribution in [0.5, 0.6) is 5.75 Å². The van der Waals surface area contributed by atoms with E-state index in [1.165, 1.54) is 0 Å². The monoisotopic (exact) mass is 179 g/mol. The van der Waals surface area contributed by atoms with Gasteiger partial charge < -0.3 is 9.47 Å². The Morgan fingerprint density at radius 2 is 2.46 bits per heavy atom. The molecule has 0 aliphatic heterocycles. The third-order valence-electron chi connectivity index (χ3n) is 1.54. The van der Waals surface area contributed by atoms with Crippen LogP contribution in [0.1, 0.15) is 5.69 Å². The Kier molecular flexibility index (Phi) is 3.99. The maximum atomic E-state index is 5.25. The summed E-state index contributed by atoms with van der Waals surface area (Å²) in [5, 5.41) is 0. The van der Waals surface area contributed by atoms with Crippen LogP contribution in [0, 0.1) is 0 Å². The number of aromatic nitrogens is 1. The first-order valence-corrected chi connectivity index (χ1v) is 4.05. The van der Waals surface area contributed by atoms with E-state index >= 15 is 0 Å². The highest BCUT2D eigenvalue weighted by Gasteiger charge is 2.01. The lowest BCUT2D eigenvalue weighted by molar-refractivity contribution is 0.143. The molecule has 1 aromatic rings. The molecule has 0 radical (unpaired) electrons. The van der Waals surface area contributed by atoms with Crippen LogP contribution in [0.25, 0.3) is 0 Å². The summed E-state index contributed by atoms with van der Waals surface area (Å²) in [6.07, 6.45) is 3.42. The van der Waals surface area contributed by atoms with Crippen LogP contribution in [-0.4, -0.2) is 18.7 Å². The van der Waals surface area contributed by atoms with Gasteiger partial charge in [0.2, 0.25) is 0 Å². The molecule has 0 aromatic carbocycles. The summed E-state index contributed by atoms with van der Waals surface area (Å²) in [4.78, 5) is 4.14. The summed E-state index contributed by atoms with van der Waals surface area (Å²) in [7, 11) is 1.62. The molecule has 0 aliphatic rings. The maximum Gasteiger partial charge on any atom is 0.142 e. The predicted octanol–water partition coefficient (Wildman–Crippen LogP) is 1.79. The van der Waals surface area contributed by atoms with Gasteiger partial charge in [0.15, 0.2) is 0 Å². The van der Waals surface area contributed by atoms with Crippen LogP contribution in [0.2, 0.25) is 0 Å². The van der Waals surface area contributed by atoms with Crippen LogP contribution >= 0.6 is 0 Å². The van der Waals surface area contributed by atoms with Crippen molar-refractivity contribution < 1.29 is 9.47 Å². The van der Waals surface area contributed by atoms with E-state index in [9.17, 15) is 0 Å². The molecule has 0 atom stereocenters. The minimum absolute atomic E-state index is 0.454. The Labute approximate surface area is 78.0 Å². The van der Waals surface area contributed by atoms with E-state index in [2.05, 4.69) is 11.6 Å². The molecule has 0 saturated heterocycles. The average molecular weight is 179 g/mol. The van der Waals surface area contributed by atoms with Crippen molar-refractivity contribution in [1.82, 2.24) is 4.98 Å². The second-order valence-corrected chi connectivity index (χ2v) is 2.46. The molecule has 0 aliphatic carbocycles. The number of hydrogen-bond donors (Lipinski definition) is 0. The fourth-order valence-electron chi connectivity index (χ4n) is 0.956. The molecule has 0 saturated carbocycles. The van der Waals surface area contributed by atoms with Crippen molar-refractivity contribution in [2.75, 3.05) is 13.7 Å². The van der Waals surface area contributed by atoms with Crippen LogP contribution in [-0.2, 0) is 11.3 Å². The second kappa shape index (κ2) is 5.32. The Bertz CT molecular complexity index is 273. The van der Waals surface area contributed by atoms with Gasteiger partial charge in [-0.05, 0) is 12.1 Å². The van der Waals surface area contributed by atoms with Crippen molar-refractivity contribution >= 4 is 0 Å². The first-order valence-electron chi connectivity index (χ1n) is 4.05. The Morgan fingerprint density at radius 3 is 3.15 bits per heavy atom. The molecule has 1 rings (SSSR count). The lowest BCUT2D eigenvalue weighted by atomic mass is 10.3. The summed E-state index contributed by atoms with van der Waals surface area (Å²) in [5.41, 5.74) is 0.812. The molecule has 1 heterocycles. The van der Waals surface area contributed by atoms with Gasteiger partial charge in [0.1, 0.15) is 11.4 Å². The molecular weight excluding hydrogens is 166 g/mol. The van der Waals surface area contributed by atoms with Crippen LogP contribution in [0.3, 0.4) is 0 Å². The van der Waals surface area contributed by atoms with Crippen LogP contribution < -0.4 is 4.74 Å². The molecular formula is C10H13NO2. The standard InChI is InChI=1S/C10H13NO2/c1-3-7-13-8-9-10(12-2)5-4-6-11-9/h3-6H,1,7-8H2,2H3. The summed E-state index contributed by atoms with van der Waals surface area (Å²) >= 11 is 0. The number of nitrogens with zero attached hydrogens (tertiary/aromatic N) is 1. The highest BCUT2D eigenvalue weighted by molar-refractivity contribution is 5.25. The van der Waals surface area contributed by atoms with Gasteiger partial charge >= 0.3 is 0 Å². The van der Waals surface area contributed by atoms with Gasteiger partial charge in [-0.2, -0.15) is 0 Å². The highest BCUT2D eigenvalue weighted by Crippen LogP contribution is 2.14.